The maximum absolute atomic E-state index is 11.7. The number of hydrogen-bond donors (Lipinski definition) is 2. The number of amides is 1. The van der Waals surface area contributed by atoms with Gasteiger partial charge >= 0.3 is 0 Å². The minimum Gasteiger partial charge on any atom is -0.360 e. The summed E-state index contributed by atoms with van der Waals surface area (Å²) in [5.74, 6) is 0.634. The molecule has 0 aromatic heterocycles. The molecule has 1 heterocycles. The number of carbonyl (C=O) groups excluding carboxylic acids is 1. The summed E-state index contributed by atoms with van der Waals surface area (Å²) in [7, 11) is 1.91. The second kappa shape index (κ2) is 6.06. The molecule has 2 rings (SSSR count). The molecule has 2 N–H and O–H groups in total. The van der Waals surface area contributed by atoms with E-state index < -0.39 is 0 Å². The Hall–Kier alpha value is -1.55. The molecule has 1 fully saturated rings. The van der Waals surface area contributed by atoms with E-state index in [1.54, 1.807) is 0 Å². The molecular formula is C15H23N3O. The molecule has 0 aliphatic carbocycles. The smallest absolute Gasteiger partial charge is 0.239 e. The molecule has 104 valence electrons. The van der Waals surface area contributed by atoms with Crippen LogP contribution in [0.4, 0.5) is 5.69 Å². The maximum atomic E-state index is 11.7. The number of likely N-dealkylation sites (N-methyl/N-ethyl adjacent to an activating group) is 1. The van der Waals surface area contributed by atoms with Gasteiger partial charge in [-0.1, -0.05) is 26.0 Å². The fourth-order valence-corrected chi connectivity index (χ4v) is 2.45. The molecule has 4 heteroatoms. The van der Waals surface area contributed by atoms with Crippen LogP contribution in [-0.2, 0) is 4.79 Å². The first-order chi connectivity index (χ1) is 9.10. The number of nitrogens with one attached hydrogen (secondary N) is 2. The molecule has 1 aliphatic heterocycles. The third-order valence-electron chi connectivity index (χ3n) is 3.52. The van der Waals surface area contributed by atoms with E-state index in [0.717, 1.165) is 18.8 Å². The van der Waals surface area contributed by atoms with Crippen LogP contribution in [0.5, 0.6) is 0 Å². The van der Waals surface area contributed by atoms with Gasteiger partial charge in [0, 0.05) is 18.8 Å². The van der Waals surface area contributed by atoms with Crippen LogP contribution in [0.2, 0.25) is 0 Å². The number of nitrogens with zero attached hydrogens (tertiary/aromatic N) is 1. The topological polar surface area (TPSA) is 44.4 Å². The SMILES string of the molecule is CNCC1CN(c2ccc(C(C)C)cc2)CC(=O)N1. The predicted molar refractivity (Wildman–Crippen MR) is 78.6 cm³/mol. The van der Waals surface area contributed by atoms with E-state index in [4.69, 9.17) is 0 Å². The van der Waals surface area contributed by atoms with Gasteiger partial charge in [0.2, 0.25) is 5.91 Å². The molecule has 1 atom stereocenters. The highest BCUT2D eigenvalue weighted by Gasteiger charge is 2.24. The van der Waals surface area contributed by atoms with E-state index in [1.807, 2.05) is 7.05 Å². The summed E-state index contributed by atoms with van der Waals surface area (Å²) in [6.07, 6.45) is 0. The Morgan fingerprint density at radius 3 is 2.63 bits per heavy atom. The monoisotopic (exact) mass is 261 g/mol. The van der Waals surface area contributed by atoms with E-state index in [2.05, 4.69) is 53.6 Å². The van der Waals surface area contributed by atoms with E-state index in [9.17, 15) is 4.79 Å². The standard InChI is InChI=1S/C15H23N3O/c1-11(2)12-4-6-14(7-5-12)18-9-13(8-16-3)17-15(19)10-18/h4-7,11,13,16H,8-10H2,1-3H3,(H,17,19). The largest absolute Gasteiger partial charge is 0.360 e. The lowest BCUT2D eigenvalue weighted by atomic mass is 10.0. The summed E-state index contributed by atoms with van der Waals surface area (Å²) in [6, 6.07) is 8.71. The van der Waals surface area contributed by atoms with Crippen molar-refractivity contribution in [1.29, 1.82) is 0 Å². The molecule has 1 aromatic rings. The Labute approximate surface area is 115 Å². The molecular weight excluding hydrogens is 238 g/mol. The first-order valence-corrected chi connectivity index (χ1v) is 6.89. The van der Waals surface area contributed by atoms with Crippen LogP contribution < -0.4 is 15.5 Å². The van der Waals surface area contributed by atoms with E-state index in [-0.39, 0.29) is 11.9 Å². The van der Waals surface area contributed by atoms with Gasteiger partial charge < -0.3 is 15.5 Å². The molecule has 1 aromatic carbocycles. The van der Waals surface area contributed by atoms with Gasteiger partial charge in [-0.15, -0.1) is 0 Å². The highest BCUT2D eigenvalue weighted by atomic mass is 16.2. The third-order valence-corrected chi connectivity index (χ3v) is 3.52. The van der Waals surface area contributed by atoms with Gasteiger partial charge in [0.15, 0.2) is 0 Å². The molecule has 1 saturated heterocycles. The lowest BCUT2D eigenvalue weighted by Gasteiger charge is -2.34. The number of piperazine rings is 1. The van der Waals surface area contributed by atoms with Crippen molar-refractivity contribution >= 4 is 11.6 Å². The Morgan fingerprint density at radius 2 is 2.05 bits per heavy atom. The Kier molecular flexibility index (Phi) is 4.43. The Bertz CT molecular complexity index is 428. The zero-order chi connectivity index (χ0) is 13.8. The van der Waals surface area contributed by atoms with Crippen LogP contribution in [-0.4, -0.2) is 38.6 Å². The average molecular weight is 261 g/mol. The molecule has 1 aliphatic rings. The summed E-state index contributed by atoms with van der Waals surface area (Å²) in [6.45, 7) is 6.47. The van der Waals surface area contributed by atoms with Crippen LogP contribution in [0.3, 0.4) is 0 Å². The van der Waals surface area contributed by atoms with E-state index in [1.165, 1.54) is 5.56 Å². The number of rotatable bonds is 4. The molecule has 0 bridgehead atoms. The van der Waals surface area contributed by atoms with Crippen molar-refractivity contribution < 1.29 is 4.79 Å². The van der Waals surface area contributed by atoms with Crippen LogP contribution in [0.25, 0.3) is 0 Å². The first-order valence-electron chi connectivity index (χ1n) is 6.89. The minimum absolute atomic E-state index is 0.0967. The highest BCUT2D eigenvalue weighted by molar-refractivity contribution is 5.83. The summed E-state index contributed by atoms with van der Waals surface area (Å²) in [5, 5.41) is 6.12. The Morgan fingerprint density at radius 1 is 1.37 bits per heavy atom. The highest BCUT2D eigenvalue weighted by Crippen LogP contribution is 2.21. The summed E-state index contributed by atoms with van der Waals surface area (Å²) >= 11 is 0. The van der Waals surface area contributed by atoms with Gasteiger partial charge in [-0.3, -0.25) is 4.79 Å². The molecule has 4 nitrogen and oxygen atoms in total. The number of anilines is 1. The fraction of sp³-hybridized carbons (Fsp3) is 0.533. The summed E-state index contributed by atoms with van der Waals surface area (Å²) in [4.78, 5) is 13.9. The zero-order valence-corrected chi connectivity index (χ0v) is 11.9. The van der Waals surface area contributed by atoms with Gasteiger partial charge in [0.25, 0.3) is 0 Å². The van der Waals surface area contributed by atoms with Crippen molar-refractivity contribution in [3.8, 4) is 0 Å². The molecule has 19 heavy (non-hydrogen) atoms. The van der Waals surface area contributed by atoms with Crippen molar-refractivity contribution in [1.82, 2.24) is 10.6 Å². The van der Waals surface area contributed by atoms with Crippen molar-refractivity contribution in [2.24, 2.45) is 0 Å². The van der Waals surface area contributed by atoms with Gasteiger partial charge in [-0.25, -0.2) is 0 Å². The molecule has 0 saturated carbocycles. The van der Waals surface area contributed by atoms with E-state index >= 15 is 0 Å². The number of carbonyl (C=O) groups is 1. The van der Waals surface area contributed by atoms with Crippen LogP contribution in [0.1, 0.15) is 25.3 Å². The third kappa shape index (κ3) is 3.47. The van der Waals surface area contributed by atoms with Crippen molar-refractivity contribution in [3.63, 3.8) is 0 Å². The van der Waals surface area contributed by atoms with E-state index in [0.29, 0.717) is 12.5 Å². The second-order valence-electron chi connectivity index (χ2n) is 5.45. The molecule has 1 amide bonds. The normalized spacial score (nSPS) is 19.7. The quantitative estimate of drug-likeness (QED) is 0.859. The second-order valence-corrected chi connectivity index (χ2v) is 5.45. The molecule has 0 spiro atoms. The zero-order valence-electron chi connectivity index (χ0n) is 11.9. The fourth-order valence-electron chi connectivity index (χ4n) is 2.45. The van der Waals surface area contributed by atoms with Crippen LogP contribution >= 0.6 is 0 Å². The first kappa shape index (κ1) is 13.9. The number of hydrogen-bond acceptors (Lipinski definition) is 3. The van der Waals surface area contributed by atoms with Crippen LogP contribution in [0.15, 0.2) is 24.3 Å². The maximum Gasteiger partial charge on any atom is 0.239 e. The minimum atomic E-state index is 0.0967. The summed E-state index contributed by atoms with van der Waals surface area (Å²) in [5.41, 5.74) is 2.46. The molecule has 0 radical (unpaired) electrons. The van der Waals surface area contributed by atoms with Gasteiger partial charge in [-0.2, -0.15) is 0 Å². The number of benzene rings is 1. The van der Waals surface area contributed by atoms with Gasteiger partial charge in [0.1, 0.15) is 0 Å². The lowest BCUT2D eigenvalue weighted by Crippen LogP contribution is -2.57. The van der Waals surface area contributed by atoms with Crippen LogP contribution in [0, 0.1) is 0 Å². The predicted octanol–water partition coefficient (Wildman–Crippen LogP) is 1.33. The van der Waals surface area contributed by atoms with Crippen molar-refractivity contribution in [3.05, 3.63) is 29.8 Å². The Balaban J connectivity index is 2.09. The lowest BCUT2D eigenvalue weighted by molar-refractivity contribution is -0.121. The van der Waals surface area contributed by atoms with Crippen molar-refractivity contribution in [2.45, 2.75) is 25.8 Å². The van der Waals surface area contributed by atoms with Gasteiger partial charge in [0.05, 0.1) is 12.6 Å². The average Bonchev–Trinajstić information content (AvgIpc) is 2.38. The van der Waals surface area contributed by atoms with Crippen molar-refractivity contribution in [2.75, 3.05) is 31.6 Å². The summed E-state index contributed by atoms with van der Waals surface area (Å²) < 4.78 is 0. The molecule has 1 unspecified atom stereocenters. The van der Waals surface area contributed by atoms with Gasteiger partial charge in [-0.05, 0) is 30.7 Å².